The first-order valence-electron chi connectivity index (χ1n) is 6.24. The van der Waals surface area contributed by atoms with Crippen LogP contribution in [0.4, 0.5) is 4.39 Å². The fourth-order valence-corrected chi connectivity index (χ4v) is 2.11. The fraction of sp³-hybridized carbons (Fsp3) is 0.357. The minimum Gasteiger partial charge on any atom is -0.388 e. The molecule has 3 nitrogen and oxygen atoms in total. The van der Waals surface area contributed by atoms with Crippen molar-refractivity contribution in [1.29, 1.82) is 0 Å². The zero-order valence-corrected chi connectivity index (χ0v) is 11.4. The van der Waals surface area contributed by atoms with E-state index in [0.29, 0.717) is 6.42 Å². The highest BCUT2D eigenvalue weighted by Crippen LogP contribution is 2.21. The minimum absolute atomic E-state index is 0.0754. The maximum atomic E-state index is 13.0. The molecule has 0 spiro atoms. The molecule has 0 bridgehead atoms. The molecule has 0 aliphatic rings. The second-order valence-electron chi connectivity index (χ2n) is 4.51. The Bertz CT molecular complexity index is 556. The standard InChI is InChI=1S/C14H16ClFN2O/c1-2-5-18-9-11(8-17-18)14(19)7-10-3-4-13(16)12(15)6-10/h3-4,6,8-9,14,19H,2,5,7H2,1H3. The van der Waals surface area contributed by atoms with E-state index in [4.69, 9.17) is 11.6 Å². The van der Waals surface area contributed by atoms with E-state index in [1.165, 1.54) is 12.1 Å². The monoisotopic (exact) mass is 282 g/mol. The smallest absolute Gasteiger partial charge is 0.141 e. The van der Waals surface area contributed by atoms with Crippen LogP contribution in [0.3, 0.4) is 0 Å². The topological polar surface area (TPSA) is 38.0 Å². The molecule has 2 aromatic rings. The van der Waals surface area contributed by atoms with E-state index in [1.54, 1.807) is 16.9 Å². The van der Waals surface area contributed by atoms with Crippen LogP contribution in [0.5, 0.6) is 0 Å². The molecule has 1 N–H and O–H groups in total. The van der Waals surface area contributed by atoms with E-state index < -0.39 is 11.9 Å². The third-order valence-corrected chi connectivity index (χ3v) is 3.19. The Hall–Kier alpha value is -1.39. The van der Waals surface area contributed by atoms with Gasteiger partial charge in [0.1, 0.15) is 5.82 Å². The first-order chi connectivity index (χ1) is 9.10. The van der Waals surface area contributed by atoms with E-state index >= 15 is 0 Å². The van der Waals surface area contributed by atoms with Gasteiger partial charge in [0.15, 0.2) is 0 Å². The Morgan fingerprint density at radius 1 is 1.47 bits per heavy atom. The fourth-order valence-electron chi connectivity index (χ4n) is 1.91. The second kappa shape index (κ2) is 6.17. The van der Waals surface area contributed by atoms with Crippen LogP contribution in [0.25, 0.3) is 0 Å². The van der Waals surface area contributed by atoms with Gasteiger partial charge in [-0.2, -0.15) is 5.10 Å². The number of aryl methyl sites for hydroxylation is 1. The number of hydrogen-bond acceptors (Lipinski definition) is 2. The van der Waals surface area contributed by atoms with Crippen molar-refractivity contribution in [3.63, 3.8) is 0 Å². The third-order valence-electron chi connectivity index (χ3n) is 2.90. The van der Waals surface area contributed by atoms with Crippen LogP contribution in [0.1, 0.15) is 30.6 Å². The van der Waals surface area contributed by atoms with Gasteiger partial charge in [-0.25, -0.2) is 4.39 Å². The molecule has 102 valence electrons. The number of hydrogen-bond donors (Lipinski definition) is 1. The predicted octanol–water partition coefficient (Wildman–Crippen LogP) is 3.36. The zero-order valence-electron chi connectivity index (χ0n) is 10.7. The summed E-state index contributed by atoms with van der Waals surface area (Å²) in [7, 11) is 0. The van der Waals surface area contributed by atoms with Crippen molar-refractivity contribution in [1.82, 2.24) is 9.78 Å². The average Bonchev–Trinajstić information content (AvgIpc) is 2.83. The second-order valence-corrected chi connectivity index (χ2v) is 4.91. The van der Waals surface area contributed by atoms with Crippen molar-refractivity contribution in [2.24, 2.45) is 0 Å². The Kier molecular flexibility index (Phi) is 4.56. The van der Waals surface area contributed by atoms with Crippen LogP contribution in [-0.2, 0) is 13.0 Å². The number of rotatable bonds is 5. The van der Waals surface area contributed by atoms with Crippen molar-refractivity contribution in [2.45, 2.75) is 32.4 Å². The summed E-state index contributed by atoms with van der Waals surface area (Å²) >= 11 is 5.72. The Labute approximate surface area is 116 Å². The maximum absolute atomic E-state index is 13.0. The summed E-state index contributed by atoms with van der Waals surface area (Å²) in [5, 5.41) is 14.4. The van der Waals surface area contributed by atoms with Crippen LogP contribution >= 0.6 is 11.6 Å². The highest BCUT2D eigenvalue weighted by molar-refractivity contribution is 6.30. The summed E-state index contributed by atoms with van der Waals surface area (Å²) in [6, 6.07) is 4.47. The largest absolute Gasteiger partial charge is 0.388 e. The van der Waals surface area contributed by atoms with Gasteiger partial charge in [0.2, 0.25) is 0 Å². The third kappa shape index (κ3) is 3.55. The van der Waals surface area contributed by atoms with Gasteiger partial charge < -0.3 is 5.11 Å². The molecule has 0 amide bonds. The van der Waals surface area contributed by atoms with Crippen molar-refractivity contribution in [3.05, 3.63) is 52.6 Å². The molecule has 19 heavy (non-hydrogen) atoms. The highest BCUT2D eigenvalue weighted by Gasteiger charge is 2.12. The average molecular weight is 283 g/mol. The van der Waals surface area contributed by atoms with E-state index in [-0.39, 0.29) is 5.02 Å². The van der Waals surface area contributed by atoms with E-state index in [1.807, 2.05) is 6.20 Å². The van der Waals surface area contributed by atoms with Crippen molar-refractivity contribution >= 4 is 11.6 Å². The number of halogens is 2. The van der Waals surface area contributed by atoms with Crippen molar-refractivity contribution in [3.8, 4) is 0 Å². The number of aliphatic hydroxyl groups is 1. The predicted molar refractivity (Wildman–Crippen MR) is 72.6 cm³/mol. The number of aliphatic hydroxyl groups excluding tert-OH is 1. The van der Waals surface area contributed by atoms with Gasteiger partial charge in [-0.15, -0.1) is 0 Å². The van der Waals surface area contributed by atoms with Gasteiger partial charge in [0, 0.05) is 24.7 Å². The Morgan fingerprint density at radius 3 is 2.95 bits per heavy atom. The maximum Gasteiger partial charge on any atom is 0.141 e. The lowest BCUT2D eigenvalue weighted by Gasteiger charge is -2.09. The molecular formula is C14H16ClFN2O. The molecule has 0 aliphatic carbocycles. The van der Waals surface area contributed by atoms with Gasteiger partial charge in [-0.05, 0) is 24.1 Å². The van der Waals surface area contributed by atoms with E-state index in [2.05, 4.69) is 12.0 Å². The number of nitrogens with zero attached hydrogens (tertiary/aromatic N) is 2. The normalized spacial score (nSPS) is 12.6. The van der Waals surface area contributed by atoms with Gasteiger partial charge in [0.05, 0.1) is 17.3 Å². The van der Waals surface area contributed by atoms with Crippen LogP contribution in [0.2, 0.25) is 5.02 Å². The Morgan fingerprint density at radius 2 is 2.26 bits per heavy atom. The number of benzene rings is 1. The molecule has 5 heteroatoms. The molecule has 0 saturated carbocycles. The van der Waals surface area contributed by atoms with Gasteiger partial charge in [-0.3, -0.25) is 4.68 Å². The van der Waals surface area contributed by atoms with Gasteiger partial charge >= 0.3 is 0 Å². The molecule has 1 unspecified atom stereocenters. The van der Waals surface area contributed by atoms with Gasteiger partial charge in [-0.1, -0.05) is 24.6 Å². The SMILES string of the molecule is CCCn1cc(C(O)Cc2ccc(F)c(Cl)c2)cn1. The lowest BCUT2D eigenvalue weighted by atomic mass is 10.0. The van der Waals surface area contributed by atoms with Gasteiger partial charge in [0.25, 0.3) is 0 Å². The lowest BCUT2D eigenvalue weighted by molar-refractivity contribution is 0.178. The van der Waals surface area contributed by atoms with Crippen molar-refractivity contribution in [2.75, 3.05) is 0 Å². The quantitative estimate of drug-likeness (QED) is 0.913. The summed E-state index contributed by atoms with van der Waals surface area (Å²) in [5.74, 6) is -0.448. The first-order valence-corrected chi connectivity index (χ1v) is 6.62. The minimum atomic E-state index is -0.660. The van der Waals surface area contributed by atoms with Crippen LogP contribution in [-0.4, -0.2) is 14.9 Å². The molecule has 2 rings (SSSR count). The molecule has 0 fully saturated rings. The molecule has 1 aromatic heterocycles. The highest BCUT2D eigenvalue weighted by atomic mass is 35.5. The van der Waals surface area contributed by atoms with Crippen LogP contribution < -0.4 is 0 Å². The molecule has 0 saturated heterocycles. The number of aromatic nitrogens is 2. The summed E-state index contributed by atoms with van der Waals surface area (Å²) in [5.41, 5.74) is 1.55. The summed E-state index contributed by atoms with van der Waals surface area (Å²) in [6.07, 6.45) is 4.21. The van der Waals surface area contributed by atoms with Crippen LogP contribution in [0.15, 0.2) is 30.6 Å². The van der Waals surface area contributed by atoms with E-state index in [0.717, 1.165) is 24.1 Å². The molecule has 0 aliphatic heterocycles. The molecule has 1 atom stereocenters. The summed E-state index contributed by atoms with van der Waals surface area (Å²) in [4.78, 5) is 0. The lowest BCUT2D eigenvalue weighted by Crippen LogP contribution is -2.01. The first kappa shape index (κ1) is 14.0. The van der Waals surface area contributed by atoms with Crippen molar-refractivity contribution < 1.29 is 9.50 Å². The molecule has 1 heterocycles. The molecule has 1 aromatic carbocycles. The molecular weight excluding hydrogens is 267 g/mol. The zero-order chi connectivity index (χ0) is 13.8. The summed E-state index contributed by atoms with van der Waals surface area (Å²) in [6.45, 7) is 2.90. The Balaban J connectivity index is 2.06. The van der Waals surface area contributed by atoms with E-state index in [9.17, 15) is 9.50 Å². The summed E-state index contributed by atoms with van der Waals surface area (Å²) < 4.78 is 14.8. The van der Waals surface area contributed by atoms with Crippen LogP contribution in [0, 0.1) is 5.82 Å². The molecule has 0 radical (unpaired) electrons.